The minimum absolute atomic E-state index is 0.519. The molecule has 1 aromatic carbocycles. The van der Waals surface area contributed by atoms with E-state index < -0.39 is 8.59 Å². The third-order valence-electron chi connectivity index (χ3n) is 1.97. The topological polar surface area (TPSA) is 12.4 Å². The number of aryl methyl sites for hydroxylation is 3. The molecule has 2 heteroatoms. The van der Waals surface area contributed by atoms with Crippen LogP contribution in [0.1, 0.15) is 16.7 Å². The van der Waals surface area contributed by atoms with E-state index in [-0.39, 0.29) is 0 Å². The van der Waals surface area contributed by atoms with Crippen molar-refractivity contribution in [1.82, 2.24) is 0 Å². The van der Waals surface area contributed by atoms with Crippen molar-refractivity contribution >= 4 is 14.3 Å². The molecule has 0 atom stereocenters. The molecule has 0 saturated heterocycles. The predicted octanol–water partition coefficient (Wildman–Crippen LogP) is 3.76. The highest BCUT2D eigenvalue weighted by Gasteiger charge is 2.01. The molecule has 0 radical (unpaired) electrons. The van der Waals surface area contributed by atoms with Crippen LogP contribution >= 0.6 is 0 Å². The lowest BCUT2D eigenvalue weighted by Gasteiger charge is -2.07. The second-order valence-corrected chi connectivity index (χ2v) is 5.92. The first kappa shape index (κ1) is 10.3. The molecule has 0 amide bonds. The summed E-state index contributed by atoms with van der Waals surface area (Å²) in [5.74, 6) is 0. The third kappa shape index (κ3) is 2.59. The van der Waals surface area contributed by atoms with Crippen LogP contribution in [-0.2, 0) is 0 Å². The van der Waals surface area contributed by atoms with Gasteiger partial charge in [0, 0.05) is 0 Å². The number of rotatable bonds is 1. The van der Waals surface area contributed by atoms with Gasteiger partial charge in [-0.15, -0.1) is 0 Å². The Balaban J connectivity index is 3.29. The van der Waals surface area contributed by atoms with Gasteiger partial charge in [0.25, 0.3) is 0 Å². The van der Waals surface area contributed by atoms with E-state index in [1.165, 1.54) is 22.4 Å². The van der Waals surface area contributed by atoms with Crippen molar-refractivity contribution in [2.75, 3.05) is 0 Å². The fourth-order valence-corrected chi connectivity index (χ4v) is 2.37. The Bertz CT molecular complexity index is 326. The van der Waals surface area contributed by atoms with E-state index in [0.717, 1.165) is 0 Å². The smallest absolute Gasteiger partial charge is 0.123 e. The van der Waals surface area contributed by atoms with Crippen LogP contribution < -0.4 is 0 Å². The SMILES string of the molecule is Cc1cc(C)c(N=[Si](C)C)c(C)c1. The van der Waals surface area contributed by atoms with E-state index in [1.54, 1.807) is 0 Å². The Morgan fingerprint density at radius 2 is 1.46 bits per heavy atom. The minimum atomic E-state index is -0.519. The number of hydrogen-bond acceptors (Lipinski definition) is 1. The summed E-state index contributed by atoms with van der Waals surface area (Å²) in [7, 11) is -0.519. The lowest BCUT2D eigenvalue weighted by Crippen LogP contribution is -1.87. The first-order valence-electron chi connectivity index (χ1n) is 4.60. The van der Waals surface area contributed by atoms with Gasteiger partial charge >= 0.3 is 0 Å². The summed E-state index contributed by atoms with van der Waals surface area (Å²) >= 11 is 0. The van der Waals surface area contributed by atoms with Crippen LogP contribution in [0.2, 0.25) is 13.1 Å². The van der Waals surface area contributed by atoms with Crippen molar-refractivity contribution in [3.8, 4) is 0 Å². The quantitative estimate of drug-likeness (QED) is 0.599. The Morgan fingerprint density at radius 1 is 1.00 bits per heavy atom. The van der Waals surface area contributed by atoms with Gasteiger partial charge in [-0.2, -0.15) is 0 Å². The zero-order chi connectivity index (χ0) is 10.0. The molecule has 13 heavy (non-hydrogen) atoms. The molecule has 0 unspecified atom stereocenters. The molecule has 70 valence electrons. The van der Waals surface area contributed by atoms with E-state index >= 15 is 0 Å². The lowest BCUT2D eigenvalue weighted by atomic mass is 10.1. The molecule has 0 aliphatic rings. The minimum Gasteiger partial charge on any atom is -0.303 e. The molecular weight excluding hydrogens is 174 g/mol. The molecule has 0 saturated carbocycles. The van der Waals surface area contributed by atoms with Crippen molar-refractivity contribution in [3.05, 3.63) is 28.8 Å². The Hall–Kier alpha value is -0.763. The molecule has 1 nitrogen and oxygen atoms in total. The fraction of sp³-hybridized carbons (Fsp3) is 0.455. The highest BCUT2D eigenvalue weighted by molar-refractivity contribution is 6.43. The maximum atomic E-state index is 4.70. The second kappa shape index (κ2) is 3.96. The van der Waals surface area contributed by atoms with E-state index in [1.807, 2.05) is 0 Å². The maximum Gasteiger partial charge on any atom is 0.123 e. The highest BCUT2D eigenvalue weighted by Crippen LogP contribution is 2.24. The van der Waals surface area contributed by atoms with Crippen LogP contribution in [0, 0.1) is 20.8 Å². The number of benzene rings is 1. The molecule has 1 rings (SSSR count). The van der Waals surface area contributed by atoms with Gasteiger partial charge in [0.05, 0.1) is 5.69 Å². The van der Waals surface area contributed by atoms with Gasteiger partial charge in [0.15, 0.2) is 0 Å². The number of hydrogen-bond donors (Lipinski definition) is 0. The monoisotopic (exact) mass is 191 g/mol. The van der Waals surface area contributed by atoms with Gasteiger partial charge in [0.2, 0.25) is 0 Å². The van der Waals surface area contributed by atoms with Gasteiger partial charge < -0.3 is 4.63 Å². The Morgan fingerprint density at radius 3 is 1.85 bits per heavy atom. The molecule has 0 aliphatic carbocycles. The molecule has 0 aromatic heterocycles. The molecular formula is C11H17NSi. The highest BCUT2D eigenvalue weighted by atomic mass is 28.2. The summed E-state index contributed by atoms with van der Waals surface area (Å²) in [6.45, 7) is 10.8. The molecule has 0 aliphatic heterocycles. The molecule has 0 fully saturated rings. The van der Waals surface area contributed by atoms with Crippen LogP contribution in [0.15, 0.2) is 16.8 Å². The second-order valence-electron chi connectivity index (χ2n) is 3.81. The number of nitrogens with zero attached hydrogens (tertiary/aromatic N) is 1. The van der Waals surface area contributed by atoms with Crippen molar-refractivity contribution in [2.24, 2.45) is 4.63 Å². The fourth-order valence-electron chi connectivity index (χ4n) is 1.57. The van der Waals surface area contributed by atoms with Crippen molar-refractivity contribution in [1.29, 1.82) is 0 Å². The van der Waals surface area contributed by atoms with E-state index in [9.17, 15) is 0 Å². The molecule has 0 N–H and O–H groups in total. The molecule has 0 spiro atoms. The Kier molecular flexibility index (Phi) is 3.15. The van der Waals surface area contributed by atoms with E-state index in [2.05, 4.69) is 46.0 Å². The van der Waals surface area contributed by atoms with Crippen LogP contribution in [0.3, 0.4) is 0 Å². The summed E-state index contributed by atoms with van der Waals surface area (Å²) in [4.78, 5) is 0. The summed E-state index contributed by atoms with van der Waals surface area (Å²) in [5, 5.41) is 0. The van der Waals surface area contributed by atoms with E-state index in [4.69, 9.17) is 4.63 Å². The van der Waals surface area contributed by atoms with Crippen LogP contribution in [0.4, 0.5) is 5.69 Å². The zero-order valence-corrected chi connectivity index (χ0v) is 10.1. The average Bonchev–Trinajstić information content (AvgIpc) is 1.96. The van der Waals surface area contributed by atoms with Crippen LogP contribution in [0.25, 0.3) is 0 Å². The van der Waals surface area contributed by atoms with Gasteiger partial charge in [-0.05, 0) is 45.0 Å². The van der Waals surface area contributed by atoms with Gasteiger partial charge in [-0.1, -0.05) is 17.7 Å². The predicted molar refractivity (Wildman–Crippen MR) is 60.2 cm³/mol. The normalized spacial score (nSPS) is 9.92. The summed E-state index contributed by atoms with van der Waals surface area (Å²) in [5.41, 5.74) is 5.16. The van der Waals surface area contributed by atoms with Gasteiger partial charge in [-0.3, -0.25) is 0 Å². The van der Waals surface area contributed by atoms with Crippen LogP contribution in [0.5, 0.6) is 0 Å². The molecule has 0 heterocycles. The largest absolute Gasteiger partial charge is 0.303 e. The summed E-state index contributed by atoms with van der Waals surface area (Å²) < 4.78 is 4.70. The van der Waals surface area contributed by atoms with Gasteiger partial charge in [-0.25, -0.2) is 0 Å². The Labute approximate surface area is 82.1 Å². The van der Waals surface area contributed by atoms with Crippen molar-refractivity contribution < 1.29 is 0 Å². The van der Waals surface area contributed by atoms with Gasteiger partial charge in [0.1, 0.15) is 8.59 Å². The summed E-state index contributed by atoms with van der Waals surface area (Å²) in [6.07, 6.45) is 0. The zero-order valence-electron chi connectivity index (χ0n) is 9.10. The van der Waals surface area contributed by atoms with E-state index in [0.29, 0.717) is 0 Å². The average molecular weight is 191 g/mol. The van der Waals surface area contributed by atoms with Crippen molar-refractivity contribution in [2.45, 2.75) is 33.9 Å². The van der Waals surface area contributed by atoms with Crippen molar-refractivity contribution in [3.63, 3.8) is 0 Å². The first-order chi connectivity index (χ1) is 6.00. The lowest BCUT2D eigenvalue weighted by molar-refractivity contribution is 1.29. The first-order valence-corrected chi connectivity index (χ1v) is 7.05. The molecule has 0 bridgehead atoms. The maximum absolute atomic E-state index is 4.70. The third-order valence-corrected chi connectivity index (χ3v) is 2.64. The van der Waals surface area contributed by atoms with Crippen LogP contribution in [-0.4, -0.2) is 8.59 Å². The molecule has 1 aromatic rings. The standard InChI is InChI=1S/C11H17NSi/c1-8-6-9(2)11(10(3)7-8)12-13(4)5/h6-7H,1-5H3. The summed E-state index contributed by atoms with van der Waals surface area (Å²) in [6, 6.07) is 4.41.